The molecule has 1 saturated carbocycles. The number of carbonyl (C=O) groups excluding carboxylic acids is 2. The number of piperazine rings is 1. The van der Waals surface area contributed by atoms with E-state index >= 15 is 0 Å². The van der Waals surface area contributed by atoms with E-state index in [1.807, 2.05) is 34.9 Å². The molecule has 1 aliphatic heterocycles. The van der Waals surface area contributed by atoms with Crippen LogP contribution in [0.25, 0.3) is 11.1 Å². The molecule has 2 fully saturated rings. The monoisotopic (exact) mass is 355 g/mol. The summed E-state index contributed by atoms with van der Waals surface area (Å²) in [6.07, 6.45) is 4.75. The Hall–Kier alpha value is -2.37. The van der Waals surface area contributed by atoms with Crippen LogP contribution in [0.15, 0.2) is 22.6 Å². The Bertz CT molecular complexity index is 815. The number of carbonyl (C=O) groups is 2. The van der Waals surface area contributed by atoms with E-state index in [1.165, 1.54) is 12.8 Å². The summed E-state index contributed by atoms with van der Waals surface area (Å²) in [6.45, 7) is 4.38. The van der Waals surface area contributed by atoms with Crippen LogP contribution in [-0.4, -0.2) is 52.8 Å². The average molecular weight is 355 g/mol. The predicted molar refractivity (Wildman–Crippen MR) is 97.6 cm³/mol. The third-order valence-corrected chi connectivity index (χ3v) is 5.56. The van der Waals surface area contributed by atoms with Crippen molar-refractivity contribution in [3.05, 3.63) is 29.7 Å². The molecule has 6 heteroatoms. The van der Waals surface area contributed by atoms with Crippen molar-refractivity contribution in [2.24, 2.45) is 5.92 Å². The van der Waals surface area contributed by atoms with Gasteiger partial charge in [0.05, 0.1) is 6.42 Å². The van der Waals surface area contributed by atoms with Crippen molar-refractivity contribution in [3.63, 3.8) is 0 Å². The normalized spacial score (nSPS) is 18.7. The molecule has 2 amide bonds. The number of amides is 2. The molecule has 1 aromatic heterocycles. The second-order valence-corrected chi connectivity index (χ2v) is 7.40. The maximum atomic E-state index is 12.6. The highest BCUT2D eigenvalue weighted by Crippen LogP contribution is 2.27. The van der Waals surface area contributed by atoms with Gasteiger partial charge in [0.2, 0.25) is 11.8 Å². The fourth-order valence-corrected chi connectivity index (χ4v) is 4.09. The number of aromatic nitrogens is 1. The van der Waals surface area contributed by atoms with Gasteiger partial charge in [0, 0.05) is 39.0 Å². The Labute approximate surface area is 153 Å². The zero-order chi connectivity index (χ0) is 18.1. The molecular formula is C20H25N3O3. The minimum atomic E-state index is 0.105. The Morgan fingerprint density at radius 2 is 1.81 bits per heavy atom. The van der Waals surface area contributed by atoms with E-state index in [0.717, 1.165) is 29.5 Å². The van der Waals surface area contributed by atoms with Crippen molar-refractivity contribution >= 4 is 22.9 Å². The van der Waals surface area contributed by atoms with Crippen LogP contribution >= 0.6 is 0 Å². The van der Waals surface area contributed by atoms with Gasteiger partial charge in [0.1, 0.15) is 5.52 Å². The summed E-state index contributed by atoms with van der Waals surface area (Å²) in [6, 6.07) is 5.72. The van der Waals surface area contributed by atoms with E-state index in [0.29, 0.717) is 44.4 Å². The summed E-state index contributed by atoms with van der Waals surface area (Å²) >= 11 is 0. The fraction of sp³-hybridized carbons (Fsp3) is 0.550. The van der Waals surface area contributed by atoms with E-state index in [-0.39, 0.29) is 11.8 Å². The minimum Gasteiger partial charge on any atom is -0.441 e. The van der Waals surface area contributed by atoms with Gasteiger partial charge in [0.25, 0.3) is 0 Å². The van der Waals surface area contributed by atoms with Crippen LogP contribution in [-0.2, 0) is 16.0 Å². The quantitative estimate of drug-likeness (QED) is 0.849. The van der Waals surface area contributed by atoms with Gasteiger partial charge < -0.3 is 14.2 Å². The van der Waals surface area contributed by atoms with E-state index in [9.17, 15) is 9.59 Å². The standard InChI is InChI=1S/C20H25N3O3/c1-14-21-17-7-6-15(12-18(17)26-14)13-19(24)22-8-10-23(11-9-22)20(25)16-4-2-3-5-16/h6-7,12,16H,2-5,8-11,13H2,1H3. The zero-order valence-corrected chi connectivity index (χ0v) is 15.2. The number of aryl methyl sites for hydroxylation is 1. The van der Waals surface area contributed by atoms with E-state index < -0.39 is 0 Å². The lowest BCUT2D eigenvalue weighted by molar-refractivity contribution is -0.141. The first kappa shape index (κ1) is 17.1. The molecular weight excluding hydrogens is 330 g/mol. The maximum Gasteiger partial charge on any atom is 0.227 e. The van der Waals surface area contributed by atoms with Crippen LogP contribution in [0.4, 0.5) is 0 Å². The molecule has 26 heavy (non-hydrogen) atoms. The maximum absolute atomic E-state index is 12.6. The van der Waals surface area contributed by atoms with Crippen LogP contribution in [0, 0.1) is 12.8 Å². The Balaban J connectivity index is 1.33. The first-order valence-corrected chi connectivity index (χ1v) is 9.53. The van der Waals surface area contributed by atoms with E-state index in [1.54, 1.807) is 0 Å². The SMILES string of the molecule is Cc1nc2ccc(CC(=O)N3CCN(C(=O)C4CCCC4)CC3)cc2o1. The smallest absolute Gasteiger partial charge is 0.227 e. The molecule has 0 spiro atoms. The predicted octanol–water partition coefficient (Wildman–Crippen LogP) is 2.54. The van der Waals surface area contributed by atoms with Crippen molar-refractivity contribution in [2.75, 3.05) is 26.2 Å². The molecule has 4 rings (SSSR count). The van der Waals surface area contributed by atoms with Crippen molar-refractivity contribution in [2.45, 2.75) is 39.0 Å². The second-order valence-electron chi connectivity index (χ2n) is 7.40. The van der Waals surface area contributed by atoms with Gasteiger partial charge in [-0.1, -0.05) is 18.9 Å². The third-order valence-electron chi connectivity index (χ3n) is 5.56. The average Bonchev–Trinajstić information content (AvgIpc) is 3.29. The molecule has 138 valence electrons. The fourth-order valence-electron chi connectivity index (χ4n) is 4.09. The highest BCUT2D eigenvalue weighted by molar-refractivity contribution is 5.82. The minimum absolute atomic E-state index is 0.105. The lowest BCUT2D eigenvalue weighted by Crippen LogP contribution is -2.52. The molecule has 2 aromatic rings. The van der Waals surface area contributed by atoms with Crippen molar-refractivity contribution < 1.29 is 14.0 Å². The Morgan fingerprint density at radius 3 is 2.54 bits per heavy atom. The number of nitrogens with zero attached hydrogens (tertiary/aromatic N) is 3. The molecule has 2 heterocycles. The topological polar surface area (TPSA) is 66.7 Å². The van der Waals surface area contributed by atoms with Gasteiger partial charge in [0.15, 0.2) is 11.5 Å². The highest BCUT2D eigenvalue weighted by Gasteiger charge is 2.30. The summed E-state index contributed by atoms with van der Waals surface area (Å²) in [7, 11) is 0. The highest BCUT2D eigenvalue weighted by atomic mass is 16.3. The Morgan fingerprint density at radius 1 is 1.12 bits per heavy atom. The second kappa shape index (κ2) is 7.09. The molecule has 6 nitrogen and oxygen atoms in total. The number of oxazole rings is 1. The van der Waals surface area contributed by atoms with E-state index in [4.69, 9.17) is 4.42 Å². The summed E-state index contributed by atoms with van der Waals surface area (Å²) in [5.74, 6) is 1.25. The first-order valence-electron chi connectivity index (χ1n) is 9.53. The summed E-state index contributed by atoms with van der Waals surface area (Å²) < 4.78 is 5.54. The summed E-state index contributed by atoms with van der Waals surface area (Å²) in [5.41, 5.74) is 2.47. The zero-order valence-electron chi connectivity index (χ0n) is 15.2. The number of benzene rings is 1. The number of fused-ring (bicyclic) bond motifs is 1. The summed E-state index contributed by atoms with van der Waals surface area (Å²) in [4.78, 5) is 33.2. The third kappa shape index (κ3) is 3.45. The number of hydrogen-bond donors (Lipinski definition) is 0. The Kier molecular flexibility index (Phi) is 4.66. The first-order chi connectivity index (χ1) is 12.6. The van der Waals surface area contributed by atoms with Crippen LogP contribution < -0.4 is 0 Å². The molecule has 1 aliphatic carbocycles. The lowest BCUT2D eigenvalue weighted by Gasteiger charge is -2.36. The largest absolute Gasteiger partial charge is 0.441 e. The molecule has 0 radical (unpaired) electrons. The van der Waals surface area contributed by atoms with Crippen LogP contribution in [0.1, 0.15) is 37.1 Å². The lowest BCUT2D eigenvalue weighted by atomic mass is 10.1. The molecule has 0 bridgehead atoms. The van der Waals surface area contributed by atoms with Gasteiger partial charge in [-0.2, -0.15) is 0 Å². The van der Waals surface area contributed by atoms with Crippen LogP contribution in [0.5, 0.6) is 0 Å². The molecule has 1 saturated heterocycles. The van der Waals surface area contributed by atoms with Gasteiger partial charge in [-0.3, -0.25) is 9.59 Å². The molecule has 0 N–H and O–H groups in total. The molecule has 1 aromatic carbocycles. The molecule has 0 atom stereocenters. The molecule has 0 unspecified atom stereocenters. The number of rotatable bonds is 3. The number of hydrogen-bond acceptors (Lipinski definition) is 4. The summed E-state index contributed by atoms with van der Waals surface area (Å²) in [5, 5.41) is 0. The van der Waals surface area contributed by atoms with E-state index in [2.05, 4.69) is 4.98 Å². The van der Waals surface area contributed by atoms with Crippen LogP contribution in [0.2, 0.25) is 0 Å². The van der Waals surface area contributed by atoms with Gasteiger partial charge in [-0.25, -0.2) is 4.98 Å². The van der Waals surface area contributed by atoms with Crippen molar-refractivity contribution in [3.8, 4) is 0 Å². The van der Waals surface area contributed by atoms with Gasteiger partial charge in [-0.15, -0.1) is 0 Å². The van der Waals surface area contributed by atoms with Gasteiger partial charge in [-0.05, 0) is 30.5 Å². The van der Waals surface area contributed by atoms with Crippen molar-refractivity contribution in [1.82, 2.24) is 14.8 Å². The van der Waals surface area contributed by atoms with Crippen LogP contribution in [0.3, 0.4) is 0 Å². The van der Waals surface area contributed by atoms with Crippen molar-refractivity contribution in [1.29, 1.82) is 0 Å². The molecule has 2 aliphatic rings. The van der Waals surface area contributed by atoms with Gasteiger partial charge >= 0.3 is 0 Å².